The Hall–Kier alpha value is 0.390. The van der Waals surface area contributed by atoms with Crippen LogP contribution in [-0.2, 0) is 0 Å². The zero-order valence-corrected chi connectivity index (χ0v) is 13.7. The van der Waals surface area contributed by atoms with E-state index in [1.807, 2.05) is 0 Å². The fraction of sp³-hybridized carbons (Fsp3) is 0.857. The van der Waals surface area contributed by atoms with E-state index in [-0.39, 0.29) is 29.5 Å². The third kappa shape index (κ3) is 1.89. The highest BCUT2D eigenvalue weighted by Gasteiger charge is 2.66. The van der Waals surface area contributed by atoms with Gasteiger partial charge < -0.3 is 29.5 Å². The maximum absolute atomic E-state index is 4.43. The van der Waals surface area contributed by atoms with Gasteiger partial charge in [0.1, 0.15) is 5.70 Å². The van der Waals surface area contributed by atoms with Gasteiger partial charge in [0.2, 0.25) is 0 Å². The molecule has 3 aliphatic heterocycles. The normalized spacial score (nSPS) is 55.2. The van der Waals surface area contributed by atoms with Gasteiger partial charge in [-0.2, -0.15) is 0 Å². The first-order valence-electron chi connectivity index (χ1n) is 6.24. The summed E-state index contributed by atoms with van der Waals surface area (Å²) in [5.41, 5.74) is 3.09. The third-order valence-corrected chi connectivity index (χ3v) is 5.30. The van der Waals surface area contributed by atoms with Gasteiger partial charge in [-0.15, -0.1) is 0 Å². The number of halogens is 1. The van der Waals surface area contributed by atoms with Crippen LogP contribution in [0.4, 0.5) is 0 Å². The predicted molar refractivity (Wildman–Crippen MR) is 66.8 cm³/mol. The van der Waals surface area contributed by atoms with Gasteiger partial charge in [0.05, 0.1) is 20.1 Å². The van der Waals surface area contributed by atoms with E-state index in [0.717, 1.165) is 4.48 Å². The molecule has 3 heteroatoms. The summed E-state index contributed by atoms with van der Waals surface area (Å²) in [6.45, 7) is 14.6. The average molecular weight is 351 g/mol. The van der Waals surface area contributed by atoms with Crippen LogP contribution in [0.5, 0.6) is 0 Å². The van der Waals surface area contributed by atoms with Gasteiger partial charge in [0, 0.05) is 16.2 Å². The summed E-state index contributed by atoms with van der Waals surface area (Å²) in [4.78, 5) is 0. The van der Waals surface area contributed by atoms with Crippen LogP contribution < -0.4 is 24.0 Å². The highest BCUT2D eigenvalue weighted by molar-refractivity contribution is 5.17. The molecule has 2 N–H and O–H groups in total. The fourth-order valence-corrected chi connectivity index (χ4v) is 6.11. The van der Waals surface area contributed by atoms with Gasteiger partial charge in [-0.25, -0.2) is 0 Å². The predicted octanol–water partition coefficient (Wildman–Crippen LogP) is -0.644. The van der Waals surface area contributed by atoms with Crippen LogP contribution in [0.25, 0.3) is 0 Å². The average Bonchev–Trinajstić information content (AvgIpc) is 1.93. The molecule has 2 unspecified atom stereocenters. The number of nitrogens with zero attached hydrogens (tertiary/aromatic N) is 1. The van der Waals surface area contributed by atoms with Crippen LogP contribution in [0.15, 0.2) is 12.3 Å². The molecule has 0 aromatic heterocycles. The summed E-state index contributed by atoms with van der Waals surface area (Å²) < 4.78 is 1.16. The topological polar surface area (TPSA) is 31.5 Å². The van der Waals surface area contributed by atoms with E-state index < -0.39 is 0 Å². The third-order valence-electron chi connectivity index (χ3n) is 5.30. The lowest BCUT2D eigenvalue weighted by Crippen LogP contribution is -3.00. The van der Waals surface area contributed by atoms with Crippen molar-refractivity contribution in [1.82, 2.24) is 0 Å². The molecule has 4 atom stereocenters. The summed E-state index contributed by atoms with van der Waals surface area (Å²) in [6, 6.07) is 0. The maximum atomic E-state index is 4.43. The molecule has 0 amide bonds. The van der Waals surface area contributed by atoms with Crippen molar-refractivity contribution in [2.24, 2.45) is 16.2 Å². The van der Waals surface area contributed by atoms with Crippen molar-refractivity contribution in [3.8, 4) is 0 Å². The molecule has 100 valence electrons. The molecule has 0 aromatic rings. The largest absolute Gasteiger partial charge is 1.00 e. The summed E-state index contributed by atoms with van der Waals surface area (Å²) in [6.07, 6.45) is 4.20. The Labute approximate surface area is 122 Å². The Morgan fingerprint density at radius 1 is 1.00 bits per heavy atom. The molecule has 3 heterocycles. The minimum Gasteiger partial charge on any atom is -1.00 e. The lowest BCUT2D eigenvalue weighted by molar-refractivity contribution is -0.913. The zero-order valence-electron chi connectivity index (χ0n) is 11.6. The second kappa shape index (κ2) is 3.70. The van der Waals surface area contributed by atoms with Crippen LogP contribution in [0, 0.1) is 16.2 Å². The fourth-order valence-electron chi connectivity index (χ4n) is 6.11. The molecule has 0 radical (unpaired) electrons. The van der Waals surface area contributed by atoms with Crippen molar-refractivity contribution in [3.63, 3.8) is 0 Å². The molecule has 2 nitrogen and oxygen atoms in total. The number of hydrogen-bond acceptors (Lipinski definition) is 0. The molecular formula is C14H26INO. The molecule has 4 aliphatic rings. The minimum atomic E-state index is 0. The van der Waals surface area contributed by atoms with Gasteiger partial charge >= 0.3 is 0 Å². The van der Waals surface area contributed by atoms with Gasteiger partial charge in [-0.1, -0.05) is 20.8 Å². The SMILES string of the molecule is C=C1C2(C)C[C@@]3(C)C[C@@](C)(C2)C[N+]1(C)C3.O.[I-]. The Balaban J connectivity index is 0.000000722. The van der Waals surface area contributed by atoms with Crippen molar-refractivity contribution in [3.05, 3.63) is 12.3 Å². The molecular weight excluding hydrogens is 325 g/mol. The Morgan fingerprint density at radius 2 is 1.41 bits per heavy atom. The molecule has 4 fully saturated rings. The van der Waals surface area contributed by atoms with E-state index in [4.69, 9.17) is 0 Å². The minimum absolute atomic E-state index is 0. The standard InChI is InChI=1S/C14H24N.HI.H2O/c1-11-14(4)7-12(2)6-13(3,8-14)10-15(11,5)9-12;;/h1,6-10H2,2-5H3;1H;1H2/q+1;;/p-1/t12-,13+,14?,15?;;. The highest BCUT2D eigenvalue weighted by Crippen LogP contribution is 2.67. The van der Waals surface area contributed by atoms with Crippen molar-refractivity contribution in [1.29, 1.82) is 0 Å². The van der Waals surface area contributed by atoms with Crippen molar-refractivity contribution < 1.29 is 33.9 Å². The molecule has 4 bridgehead atoms. The van der Waals surface area contributed by atoms with Gasteiger partial charge in [-0.05, 0) is 25.8 Å². The van der Waals surface area contributed by atoms with E-state index in [0.29, 0.717) is 16.2 Å². The number of hydrogen-bond donors (Lipinski definition) is 0. The molecule has 0 spiro atoms. The smallest absolute Gasteiger partial charge is 0.107 e. The van der Waals surface area contributed by atoms with Crippen LogP contribution in [-0.4, -0.2) is 30.1 Å². The first-order valence-corrected chi connectivity index (χ1v) is 6.24. The zero-order chi connectivity index (χ0) is 11.1. The molecule has 4 rings (SSSR count). The molecule has 0 aromatic carbocycles. The summed E-state index contributed by atoms with van der Waals surface area (Å²) in [5.74, 6) is 0. The van der Waals surface area contributed by atoms with Crippen molar-refractivity contribution in [2.45, 2.75) is 40.0 Å². The maximum Gasteiger partial charge on any atom is 0.107 e. The van der Waals surface area contributed by atoms with Gasteiger partial charge in [0.25, 0.3) is 0 Å². The Morgan fingerprint density at radius 3 is 1.76 bits per heavy atom. The van der Waals surface area contributed by atoms with Crippen LogP contribution in [0.3, 0.4) is 0 Å². The lowest BCUT2D eigenvalue weighted by Gasteiger charge is -2.68. The van der Waals surface area contributed by atoms with Crippen LogP contribution in [0.1, 0.15) is 40.0 Å². The van der Waals surface area contributed by atoms with Gasteiger partial charge in [0.15, 0.2) is 0 Å². The second-order valence-electron chi connectivity index (χ2n) is 7.87. The van der Waals surface area contributed by atoms with E-state index in [9.17, 15) is 0 Å². The molecule has 1 aliphatic carbocycles. The first-order chi connectivity index (χ1) is 6.69. The number of quaternary nitrogens is 1. The van der Waals surface area contributed by atoms with E-state index in [1.165, 1.54) is 38.0 Å². The lowest BCUT2D eigenvalue weighted by atomic mass is 9.47. The Bertz CT molecular complexity index is 319. The monoisotopic (exact) mass is 351 g/mol. The first kappa shape index (κ1) is 15.4. The van der Waals surface area contributed by atoms with E-state index in [1.54, 1.807) is 0 Å². The molecule has 17 heavy (non-hydrogen) atoms. The Kier molecular flexibility index (Phi) is 3.36. The van der Waals surface area contributed by atoms with E-state index in [2.05, 4.69) is 34.4 Å². The number of piperidine rings is 3. The van der Waals surface area contributed by atoms with Crippen LogP contribution in [0.2, 0.25) is 0 Å². The van der Waals surface area contributed by atoms with E-state index >= 15 is 0 Å². The van der Waals surface area contributed by atoms with Crippen LogP contribution >= 0.6 is 0 Å². The molecule has 1 saturated carbocycles. The number of rotatable bonds is 0. The van der Waals surface area contributed by atoms with Gasteiger partial charge in [-0.3, -0.25) is 4.48 Å². The highest BCUT2D eigenvalue weighted by atomic mass is 127. The van der Waals surface area contributed by atoms with Crippen molar-refractivity contribution in [2.75, 3.05) is 20.1 Å². The summed E-state index contributed by atoms with van der Waals surface area (Å²) in [5, 5.41) is 0. The van der Waals surface area contributed by atoms with Crippen molar-refractivity contribution >= 4 is 0 Å². The summed E-state index contributed by atoms with van der Waals surface area (Å²) in [7, 11) is 2.41. The molecule has 3 saturated heterocycles. The quantitative estimate of drug-likeness (QED) is 0.411. The summed E-state index contributed by atoms with van der Waals surface area (Å²) >= 11 is 0. The second-order valence-corrected chi connectivity index (χ2v) is 7.87. The number of allylic oxidation sites excluding steroid dienone is 1.